The maximum atomic E-state index is 12.7. The Kier molecular flexibility index (Phi) is 4.48. The fourth-order valence-corrected chi connectivity index (χ4v) is 4.97. The summed E-state index contributed by atoms with van der Waals surface area (Å²) in [7, 11) is 0. The first-order valence-corrected chi connectivity index (χ1v) is 9.86. The fraction of sp³-hybridized carbons (Fsp3) is 0.263. The summed E-state index contributed by atoms with van der Waals surface area (Å²) >= 11 is 5.18. The molecule has 2 heterocycles. The monoisotopic (exact) mass is 416 g/mol. The van der Waals surface area contributed by atoms with Gasteiger partial charge in [-0.15, -0.1) is 11.3 Å². The van der Waals surface area contributed by atoms with Crippen LogP contribution in [0.3, 0.4) is 0 Å². The smallest absolute Gasteiger partial charge is 0.260 e. The Hall–Kier alpha value is -1.92. The minimum absolute atomic E-state index is 0.0393. The Labute approximate surface area is 157 Å². The summed E-state index contributed by atoms with van der Waals surface area (Å²) in [6.45, 7) is 4.09. The van der Waals surface area contributed by atoms with Crippen LogP contribution in [0.1, 0.15) is 23.3 Å². The number of nitrogens with zero attached hydrogens (tertiary/aromatic N) is 1. The van der Waals surface area contributed by atoms with Crippen LogP contribution in [-0.2, 0) is 12.8 Å². The van der Waals surface area contributed by atoms with E-state index in [1.54, 1.807) is 17.4 Å². The first-order chi connectivity index (χ1) is 12.2. The summed E-state index contributed by atoms with van der Waals surface area (Å²) in [5.74, 6) is 1.32. The highest BCUT2D eigenvalue weighted by Gasteiger charge is 2.20. The summed E-state index contributed by atoms with van der Waals surface area (Å²) in [4.78, 5) is 22.5. The van der Waals surface area contributed by atoms with Gasteiger partial charge in [0.15, 0.2) is 0 Å². The number of halogens is 1. The van der Waals surface area contributed by atoms with Crippen LogP contribution in [0.4, 0.5) is 0 Å². The highest BCUT2D eigenvalue weighted by molar-refractivity contribution is 9.10. The standard InChI is InChI=1S/C19H17BrN2O2S/c1-2-9-24-14-8-7-11(10-13(14)20)17-21-18(23)16-12-5-3-4-6-15(12)25-19(16)22-17/h2,7-8,10H,1,3-6,9H2,(H,21,22,23). The molecule has 0 saturated heterocycles. The zero-order chi connectivity index (χ0) is 17.4. The van der Waals surface area contributed by atoms with Gasteiger partial charge in [0.05, 0.1) is 9.86 Å². The molecular weight excluding hydrogens is 400 g/mol. The van der Waals surface area contributed by atoms with E-state index in [-0.39, 0.29) is 5.56 Å². The van der Waals surface area contributed by atoms with Gasteiger partial charge in [0.2, 0.25) is 0 Å². The maximum Gasteiger partial charge on any atom is 0.260 e. The number of hydrogen-bond acceptors (Lipinski definition) is 4. The molecule has 6 heteroatoms. The van der Waals surface area contributed by atoms with Crippen LogP contribution in [0, 0.1) is 0 Å². The number of hydrogen-bond donors (Lipinski definition) is 1. The summed E-state index contributed by atoms with van der Waals surface area (Å²) < 4.78 is 6.39. The molecule has 1 aliphatic carbocycles. The quantitative estimate of drug-likeness (QED) is 0.617. The predicted octanol–water partition coefficient (Wildman–Crippen LogP) is 4.86. The third-order valence-corrected chi connectivity index (χ3v) is 6.19. The topological polar surface area (TPSA) is 55.0 Å². The van der Waals surface area contributed by atoms with Gasteiger partial charge in [0.1, 0.15) is 23.0 Å². The second-order valence-corrected chi connectivity index (χ2v) is 7.99. The fourth-order valence-electron chi connectivity index (χ4n) is 3.21. The number of rotatable bonds is 4. The average Bonchev–Trinajstić information content (AvgIpc) is 2.99. The number of aromatic amines is 1. The van der Waals surface area contributed by atoms with E-state index in [9.17, 15) is 4.79 Å². The lowest BCUT2D eigenvalue weighted by Crippen LogP contribution is -2.11. The Morgan fingerprint density at radius 1 is 1.36 bits per heavy atom. The summed E-state index contributed by atoms with van der Waals surface area (Å²) in [5.41, 5.74) is 2.02. The van der Waals surface area contributed by atoms with Crippen molar-refractivity contribution in [1.29, 1.82) is 0 Å². The van der Waals surface area contributed by atoms with Crippen molar-refractivity contribution in [2.24, 2.45) is 0 Å². The van der Waals surface area contributed by atoms with Crippen molar-refractivity contribution in [3.05, 3.63) is 56.1 Å². The number of benzene rings is 1. The van der Waals surface area contributed by atoms with E-state index >= 15 is 0 Å². The van der Waals surface area contributed by atoms with Crippen LogP contribution in [0.15, 0.2) is 40.1 Å². The molecule has 1 N–H and O–H groups in total. The van der Waals surface area contributed by atoms with Gasteiger partial charge in [-0.1, -0.05) is 12.7 Å². The zero-order valence-corrected chi connectivity index (χ0v) is 16.0. The first-order valence-electron chi connectivity index (χ1n) is 8.25. The molecule has 128 valence electrons. The van der Waals surface area contributed by atoms with E-state index in [0.29, 0.717) is 12.4 Å². The van der Waals surface area contributed by atoms with Gasteiger partial charge in [-0.05, 0) is 65.4 Å². The second kappa shape index (κ2) is 6.77. The molecule has 2 aromatic heterocycles. The van der Waals surface area contributed by atoms with Gasteiger partial charge in [-0.2, -0.15) is 0 Å². The number of nitrogens with one attached hydrogen (secondary N) is 1. The lowest BCUT2D eigenvalue weighted by Gasteiger charge is -2.10. The van der Waals surface area contributed by atoms with Gasteiger partial charge in [0, 0.05) is 10.4 Å². The lowest BCUT2D eigenvalue weighted by molar-refractivity contribution is 0.361. The Bertz CT molecular complexity index is 1020. The molecule has 0 unspecified atom stereocenters. The summed E-state index contributed by atoms with van der Waals surface area (Å²) in [5, 5.41) is 0.786. The minimum Gasteiger partial charge on any atom is -0.488 e. The molecule has 0 aliphatic heterocycles. The summed E-state index contributed by atoms with van der Waals surface area (Å²) in [6, 6.07) is 5.68. The molecule has 0 atom stereocenters. The van der Waals surface area contributed by atoms with Crippen LogP contribution in [-0.4, -0.2) is 16.6 Å². The molecule has 0 saturated carbocycles. The molecule has 0 spiro atoms. The van der Waals surface area contributed by atoms with Crippen molar-refractivity contribution in [3.63, 3.8) is 0 Å². The molecule has 0 amide bonds. The van der Waals surface area contributed by atoms with E-state index < -0.39 is 0 Å². The van der Waals surface area contributed by atoms with E-state index in [1.165, 1.54) is 16.9 Å². The number of thiophene rings is 1. The zero-order valence-electron chi connectivity index (χ0n) is 13.6. The highest BCUT2D eigenvalue weighted by Crippen LogP contribution is 2.35. The van der Waals surface area contributed by atoms with Gasteiger partial charge in [0.25, 0.3) is 5.56 Å². The normalized spacial score (nSPS) is 13.6. The van der Waals surface area contributed by atoms with Crippen molar-refractivity contribution in [1.82, 2.24) is 9.97 Å². The average molecular weight is 417 g/mol. The third kappa shape index (κ3) is 3.04. The molecule has 0 fully saturated rings. The van der Waals surface area contributed by atoms with Crippen LogP contribution >= 0.6 is 27.3 Å². The molecule has 25 heavy (non-hydrogen) atoms. The lowest BCUT2D eigenvalue weighted by atomic mass is 9.97. The van der Waals surface area contributed by atoms with E-state index in [4.69, 9.17) is 9.72 Å². The Morgan fingerprint density at radius 3 is 3.00 bits per heavy atom. The molecule has 1 aliphatic rings. The largest absolute Gasteiger partial charge is 0.488 e. The molecule has 0 bridgehead atoms. The van der Waals surface area contributed by atoms with Crippen molar-refractivity contribution in [2.45, 2.75) is 25.7 Å². The van der Waals surface area contributed by atoms with Crippen molar-refractivity contribution in [2.75, 3.05) is 6.61 Å². The molecule has 0 radical (unpaired) electrons. The number of fused-ring (bicyclic) bond motifs is 3. The third-order valence-electron chi connectivity index (χ3n) is 4.39. The molecule has 3 aromatic rings. The molecule has 1 aromatic carbocycles. The number of H-pyrrole nitrogens is 1. The van der Waals surface area contributed by atoms with E-state index in [0.717, 1.165) is 45.3 Å². The van der Waals surface area contributed by atoms with Crippen LogP contribution in [0.25, 0.3) is 21.6 Å². The summed E-state index contributed by atoms with van der Waals surface area (Å²) in [6.07, 6.45) is 6.10. The van der Waals surface area contributed by atoms with Gasteiger partial charge in [-0.25, -0.2) is 4.98 Å². The maximum absolute atomic E-state index is 12.7. The van der Waals surface area contributed by atoms with Gasteiger partial charge in [-0.3, -0.25) is 4.79 Å². The van der Waals surface area contributed by atoms with Crippen molar-refractivity contribution < 1.29 is 4.74 Å². The predicted molar refractivity (Wildman–Crippen MR) is 106 cm³/mol. The van der Waals surface area contributed by atoms with Gasteiger partial charge < -0.3 is 9.72 Å². The number of aromatic nitrogens is 2. The Balaban J connectivity index is 1.78. The second-order valence-electron chi connectivity index (χ2n) is 6.05. The molecular formula is C19H17BrN2O2S. The van der Waals surface area contributed by atoms with E-state index in [2.05, 4.69) is 27.5 Å². The highest BCUT2D eigenvalue weighted by atomic mass is 79.9. The van der Waals surface area contributed by atoms with Crippen molar-refractivity contribution >= 4 is 37.5 Å². The van der Waals surface area contributed by atoms with Crippen molar-refractivity contribution in [3.8, 4) is 17.1 Å². The first kappa shape index (κ1) is 16.5. The van der Waals surface area contributed by atoms with Gasteiger partial charge >= 0.3 is 0 Å². The number of ether oxygens (including phenoxy) is 1. The Morgan fingerprint density at radius 2 is 2.20 bits per heavy atom. The molecule has 4 rings (SSSR count). The van der Waals surface area contributed by atoms with Crippen LogP contribution in [0.5, 0.6) is 5.75 Å². The minimum atomic E-state index is -0.0393. The van der Waals surface area contributed by atoms with Crippen LogP contribution in [0.2, 0.25) is 0 Å². The molecule has 4 nitrogen and oxygen atoms in total. The van der Waals surface area contributed by atoms with E-state index in [1.807, 2.05) is 18.2 Å². The van der Waals surface area contributed by atoms with Crippen LogP contribution < -0.4 is 10.3 Å². The SMILES string of the molecule is C=CCOc1ccc(-c2nc3sc4c(c3c(=O)[nH]2)CCCC4)cc1Br. The number of aryl methyl sites for hydroxylation is 2.